The van der Waals surface area contributed by atoms with Gasteiger partial charge in [-0.3, -0.25) is 9.69 Å². The Kier molecular flexibility index (Phi) is 5.86. The molecule has 0 unspecified atom stereocenters. The zero-order chi connectivity index (χ0) is 18.7. The van der Waals surface area contributed by atoms with Gasteiger partial charge >= 0.3 is 0 Å². The lowest BCUT2D eigenvalue weighted by atomic mass is 10.2. The number of hydrogen-bond donors (Lipinski definition) is 0. The number of likely N-dealkylation sites (N-methyl/N-ethyl adjacent to an activating group) is 1. The van der Waals surface area contributed by atoms with Crippen molar-refractivity contribution in [2.45, 2.75) is 6.61 Å². The number of rotatable bonds is 5. The van der Waals surface area contributed by atoms with Crippen LogP contribution in [0.25, 0.3) is 6.08 Å². The van der Waals surface area contributed by atoms with Gasteiger partial charge in [-0.1, -0.05) is 53.8 Å². The monoisotopic (exact) mass is 405 g/mol. The number of amides is 1. The SMILES string of the molecule is COc1cc(/C=C2/SC(=S)N(C)C2=O)ccc1OCc1ccc(Cl)cc1. The van der Waals surface area contributed by atoms with Gasteiger partial charge in [0.15, 0.2) is 11.5 Å². The highest BCUT2D eigenvalue weighted by atomic mass is 35.5. The van der Waals surface area contributed by atoms with E-state index in [0.29, 0.717) is 32.4 Å². The maximum absolute atomic E-state index is 12.1. The van der Waals surface area contributed by atoms with Gasteiger partial charge in [0.05, 0.1) is 12.0 Å². The third kappa shape index (κ3) is 4.20. The maximum Gasteiger partial charge on any atom is 0.265 e. The lowest BCUT2D eigenvalue weighted by Gasteiger charge is -2.11. The van der Waals surface area contributed by atoms with Crippen LogP contribution in [0, 0.1) is 0 Å². The number of carbonyl (C=O) groups excluding carboxylic acids is 1. The second kappa shape index (κ2) is 8.12. The molecule has 0 aliphatic carbocycles. The highest BCUT2D eigenvalue weighted by molar-refractivity contribution is 8.26. The summed E-state index contributed by atoms with van der Waals surface area (Å²) in [6.45, 7) is 0.404. The summed E-state index contributed by atoms with van der Waals surface area (Å²) in [7, 11) is 3.26. The first kappa shape index (κ1) is 18.8. The van der Waals surface area contributed by atoms with E-state index >= 15 is 0 Å². The fourth-order valence-corrected chi connectivity index (χ4v) is 3.64. The van der Waals surface area contributed by atoms with Crippen molar-refractivity contribution >= 4 is 51.9 Å². The van der Waals surface area contributed by atoms with Gasteiger partial charge in [0, 0.05) is 12.1 Å². The largest absolute Gasteiger partial charge is 0.493 e. The maximum atomic E-state index is 12.1. The number of halogens is 1. The Labute approximate surface area is 166 Å². The summed E-state index contributed by atoms with van der Waals surface area (Å²) in [5.41, 5.74) is 1.85. The molecule has 0 spiro atoms. The molecule has 0 aromatic heterocycles. The molecule has 1 aliphatic heterocycles. The van der Waals surface area contributed by atoms with Crippen molar-refractivity contribution in [3.63, 3.8) is 0 Å². The Hall–Kier alpha value is -2.02. The Morgan fingerprint density at radius 1 is 1.19 bits per heavy atom. The van der Waals surface area contributed by atoms with E-state index in [1.807, 2.05) is 42.5 Å². The second-order valence-electron chi connectivity index (χ2n) is 5.57. The normalized spacial score (nSPS) is 15.7. The molecule has 0 radical (unpaired) electrons. The molecule has 0 bridgehead atoms. The number of hydrogen-bond acceptors (Lipinski definition) is 5. The fourth-order valence-electron chi connectivity index (χ4n) is 2.33. The van der Waals surface area contributed by atoms with Crippen LogP contribution in [0.2, 0.25) is 5.02 Å². The smallest absolute Gasteiger partial charge is 0.265 e. The third-order valence-electron chi connectivity index (χ3n) is 3.78. The van der Waals surface area contributed by atoms with Crippen molar-refractivity contribution in [2.75, 3.05) is 14.2 Å². The van der Waals surface area contributed by atoms with Gasteiger partial charge in [-0.15, -0.1) is 0 Å². The summed E-state index contributed by atoms with van der Waals surface area (Å²) in [6, 6.07) is 13.0. The van der Waals surface area contributed by atoms with E-state index < -0.39 is 0 Å². The molecule has 1 fully saturated rings. The molecule has 26 heavy (non-hydrogen) atoms. The van der Waals surface area contributed by atoms with E-state index in [4.69, 9.17) is 33.3 Å². The molecule has 1 aliphatic rings. The van der Waals surface area contributed by atoms with Crippen LogP contribution >= 0.6 is 35.6 Å². The quantitative estimate of drug-likeness (QED) is 0.529. The number of ether oxygens (including phenoxy) is 2. The van der Waals surface area contributed by atoms with Crippen molar-refractivity contribution in [1.82, 2.24) is 4.90 Å². The van der Waals surface area contributed by atoms with Crippen LogP contribution in [-0.2, 0) is 11.4 Å². The van der Waals surface area contributed by atoms with E-state index in [1.165, 1.54) is 16.7 Å². The van der Waals surface area contributed by atoms with Crippen LogP contribution in [0.5, 0.6) is 11.5 Å². The average molecular weight is 406 g/mol. The van der Waals surface area contributed by atoms with Crippen molar-refractivity contribution in [1.29, 1.82) is 0 Å². The highest BCUT2D eigenvalue weighted by Gasteiger charge is 2.28. The average Bonchev–Trinajstić information content (AvgIpc) is 2.88. The van der Waals surface area contributed by atoms with Gasteiger partial charge in [-0.25, -0.2) is 0 Å². The molecular formula is C19H16ClNO3S2. The molecule has 0 atom stereocenters. The first-order valence-corrected chi connectivity index (χ1v) is 9.35. The molecule has 1 saturated heterocycles. The van der Waals surface area contributed by atoms with Crippen molar-refractivity contribution < 1.29 is 14.3 Å². The summed E-state index contributed by atoms with van der Waals surface area (Å²) < 4.78 is 11.8. The number of carbonyl (C=O) groups is 1. The third-order valence-corrected chi connectivity index (χ3v) is 5.52. The number of thioether (sulfide) groups is 1. The molecule has 7 heteroatoms. The lowest BCUT2D eigenvalue weighted by Crippen LogP contribution is -2.22. The van der Waals surface area contributed by atoms with Gasteiger partial charge in [0.25, 0.3) is 5.91 Å². The van der Waals surface area contributed by atoms with Gasteiger partial charge in [-0.05, 0) is 41.5 Å². The summed E-state index contributed by atoms with van der Waals surface area (Å²) in [6.07, 6.45) is 1.80. The van der Waals surface area contributed by atoms with Gasteiger partial charge < -0.3 is 9.47 Å². The van der Waals surface area contributed by atoms with Crippen molar-refractivity contribution in [3.8, 4) is 11.5 Å². The first-order valence-electron chi connectivity index (χ1n) is 7.75. The van der Waals surface area contributed by atoms with Crippen LogP contribution in [0.3, 0.4) is 0 Å². The molecular weight excluding hydrogens is 390 g/mol. The van der Waals surface area contributed by atoms with E-state index in [9.17, 15) is 4.79 Å². The minimum Gasteiger partial charge on any atom is -0.493 e. The highest BCUT2D eigenvalue weighted by Crippen LogP contribution is 2.34. The van der Waals surface area contributed by atoms with E-state index in [1.54, 1.807) is 20.2 Å². The predicted molar refractivity (Wildman–Crippen MR) is 110 cm³/mol. The zero-order valence-electron chi connectivity index (χ0n) is 14.2. The Morgan fingerprint density at radius 3 is 2.54 bits per heavy atom. The zero-order valence-corrected chi connectivity index (χ0v) is 16.6. The summed E-state index contributed by atoms with van der Waals surface area (Å²) in [5.74, 6) is 1.13. The number of benzene rings is 2. The number of nitrogens with zero attached hydrogens (tertiary/aromatic N) is 1. The second-order valence-corrected chi connectivity index (χ2v) is 7.68. The summed E-state index contributed by atoms with van der Waals surface area (Å²) in [4.78, 5) is 14.2. The van der Waals surface area contributed by atoms with Crippen molar-refractivity contribution in [3.05, 3.63) is 63.5 Å². The molecule has 4 nitrogen and oxygen atoms in total. The molecule has 0 N–H and O–H groups in total. The van der Waals surface area contributed by atoms with E-state index in [-0.39, 0.29) is 5.91 Å². The van der Waals surface area contributed by atoms with Crippen molar-refractivity contribution in [2.24, 2.45) is 0 Å². The first-order chi connectivity index (χ1) is 12.5. The van der Waals surface area contributed by atoms with E-state index in [0.717, 1.165) is 11.1 Å². The Bertz CT molecular complexity index is 881. The van der Waals surface area contributed by atoms with Crippen LogP contribution in [0.4, 0.5) is 0 Å². The molecule has 0 saturated carbocycles. The van der Waals surface area contributed by atoms with Gasteiger partial charge in [0.1, 0.15) is 10.9 Å². The Balaban J connectivity index is 1.76. The van der Waals surface area contributed by atoms with Crippen LogP contribution in [0.1, 0.15) is 11.1 Å². The molecule has 3 rings (SSSR count). The summed E-state index contributed by atoms with van der Waals surface area (Å²) >= 11 is 12.3. The summed E-state index contributed by atoms with van der Waals surface area (Å²) in [5, 5.41) is 0.688. The van der Waals surface area contributed by atoms with Gasteiger partial charge in [0.2, 0.25) is 0 Å². The molecule has 2 aromatic carbocycles. The topological polar surface area (TPSA) is 38.8 Å². The minimum absolute atomic E-state index is 0.0953. The molecule has 1 heterocycles. The standard InChI is InChI=1S/C19H16ClNO3S2/c1-21-18(22)17(26-19(21)25)10-13-5-8-15(16(9-13)23-2)24-11-12-3-6-14(20)7-4-12/h3-10H,11H2,1-2H3/b17-10+. The van der Waals surface area contributed by atoms with E-state index in [2.05, 4.69) is 0 Å². The van der Waals surface area contributed by atoms with Crippen LogP contribution in [0.15, 0.2) is 47.4 Å². The lowest BCUT2D eigenvalue weighted by molar-refractivity contribution is -0.121. The number of thiocarbonyl (C=S) groups is 1. The number of methoxy groups -OCH3 is 1. The fraction of sp³-hybridized carbons (Fsp3) is 0.158. The molecule has 2 aromatic rings. The molecule has 1 amide bonds. The minimum atomic E-state index is -0.0953. The molecule has 134 valence electrons. The van der Waals surface area contributed by atoms with Crippen LogP contribution in [-0.4, -0.2) is 29.3 Å². The Morgan fingerprint density at radius 2 is 1.92 bits per heavy atom. The van der Waals surface area contributed by atoms with Crippen LogP contribution < -0.4 is 9.47 Å². The predicted octanol–water partition coefficient (Wildman–Crippen LogP) is 4.76. The van der Waals surface area contributed by atoms with Gasteiger partial charge in [-0.2, -0.15) is 0 Å².